The number of aromatic amines is 1. The minimum absolute atomic E-state index is 0.0430. The van der Waals surface area contributed by atoms with E-state index in [9.17, 15) is 14.9 Å². The van der Waals surface area contributed by atoms with E-state index >= 15 is 0 Å². The lowest BCUT2D eigenvalue weighted by atomic mass is 10.1. The van der Waals surface area contributed by atoms with Crippen molar-refractivity contribution in [2.75, 3.05) is 33.2 Å². The molecule has 0 saturated carbocycles. The van der Waals surface area contributed by atoms with Crippen molar-refractivity contribution in [2.45, 2.75) is 6.42 Å². The van der Waals surface area contributed by atoms with Crippen molar-refractivity contribution in [1.82, 2.24) is 20.0 Å². The first kappa shape index (κ1) is 14.5. The summed E-state index contributed by atoms with van der Waals surface area (Å²) in [5.74, 6) is -0.179. The van der Waals surface area contributed by atoms with Gasteiger partial charge in [-0.05, 0) is 26.1 Å². The Kier molecular flexibility index (Phi) is 3.76. The quantitative estimate of drug-likeness (QED) is 0.665. The minimum atomic E-state index is -0.471. The zero-order chi connectivity index (χ0) is 15.7. The number of nitrogens with one attached hydrogen (secondary N) is 1. The van der Waals surface area contributed by atoms with E-state index in [1.54, 1.807) is 11.0 Å². The maximum Gasteiger partial charge on any atom is 0.275 e. The van der Waals surface area contributed by atoms with Crippen LogP contribution in [0, 0.1) is 10.1 Å². The molecule has 0 radical (unpaired) electrons. The van der Waals surface area contributed by atoms with E-state index in [1.807, 2.05) is 7.05 Å². The lowest BCUT2D eigenvalue weighted by Crippen LogP contribution is -2.34. The molecule has 1 N–H and O–H groups in total. The summed E-state index contributed by atoms with van der Waals surface area (Å²) >= 11 is 0. The van der Waals surface area contributed by atoms with Crippen LogP contribution >= 0.6 is 0 Å². The van der Waals surface area contributed by atoms with Gasteiger partial charge in [-0.1, -0.05) is 0 Å². The molecular formula is C14H17N5O3. The van der Waals surface area contributed by atoms with Gasteiger partial charge < -0.3 is 9.80 Å². The van der Waals surface area contributed by atoms with Gasteiger partial charge in [-0.3, -0.25) is 20.0 Å². The number of aromatic nitrogens is 2. The zero-order valence-corrected chi connectivity index (χ0v) is 12.3. The Morgan fingerprint density at radius 1 is 1.32 bits per heavy atom. The second-order valence-electron chi connectivity index (χ2n) is 5.51. The summed E-state index contributed by atoms with van der Waals surface area (Å²) in [6, 6.07) is 4.37. The molecule has 1 aromatic carbocycles. The van der Waals surface area contributed by atoms with Crippen LogP contribution < -0.4 is 0 Å². The summed E-state index contributed by atoms with van der Waals surface area (Å²) < 4.78 is 0. The van der Waals surface area contributed by atoms with Gasteiger partial charge in [-0.15, -0.1) is 0 Å². The molecule has 0 aliphatic carbocycles. The van der Waals surface area contributed by atoms with Crippen molar-refractivity contribution < 1.29 is 9.72 Å². The molecule has 1 aliphatic rings. The van der Waals surface area contributed by atoms with E-state index in [-0.39, 0.29) is 17.3 Å². The molecule has 2 heterocycles. The Labute approximate surface area is 126 Å². The number of likely N-dealkylation sites (N-methyl/N-ethyl adjacent to an activating group) is 1. The van der Waals surface area contributed by atoms with Crippen molar-refractivity contribution >= 4 is 22.5 Å². The Morgan fingerprint density at radius 3 is 2.91 bits per heavy atom. The van der Waals surface area contributed by atoms with E-state index in [4.69, 9.17) is 0 Å². The SMILES string of the molecule is CN1CCCN(C(=O)c2n[nH]c3ccc([N+](=O)[O-])cc23)CC1. The van der Waals surface area contributed by atoms with E-state index in [0.29, 0.717) is 24.0 Å². The average molecular weight is 303 g/mol. The normalized spacial score (nSPS) is 16.7. The molecule has 1 amide bonds. The zero-order valence-electron chi connectivity index (χ0n) is 12.3. The highest BCUT2D eigenvalue weighted by atomic mass is 16.6. The molecule has 3 rings (SSSR count). The molecule has 1 aliphatic heterocycles. The molecule has 8 nitrogen and oxygen atoms in total. The number of nitro groups is 1. The van der Waals surface area contributed by atoms with Crippen LogP contribution in [-0.4, -0.2) is 64.1 Å². The summed E-state index contributed by atoms with van der Waals surface area (Å²) in [5.41, 5.74) is 0.836. The summed E-state index contributed by atoms with van der Waals surface area (Å²) in [5, 5.41) is 18.2. The third-order valence-electron chi connectivity index (χ3n) is 3.97. The molecule has 1 saturated heterocycles. The van der Waals surface area contributed by atoms with Gasteiger partial charge in [-0.25, -0.2) is 0 Å². The molecule has 8 heteroatoms. The van der Waals surface area contributed by atoms with Gasteiger partial charge in [0.25, 0.3) is 11.6 Å². The monoisotopic (exact) mass is 303 g/mol. The maximum atomic E-state index is 12.7. The number of hydrogen-bond donors (Lipinski definition) is 1. The average Bonchev–Trinajstić information content (AvgIpc) is 2.80. The summed E-state index contributed by atoms with van der Waals surface area (Å²) in [6.45, 7) is 3.08. The number of benzene rings is 1. The van der Waals surface area contributed by atoms with Gasteiger partial charge in [0.2, 0.25) is 0 Å². The standard InChI is InChI=1S/C14H17N5O3/c1-17-5-2-6-18(8-7-17)14(20)13-11-9-10(19(21)22)3-4-12(11)15-16-13/h3-4,9H,2,5-8H2,1H3,(H,15,16). The van der Waals surface area contributed by atoms with Crippen LogP contribution in [0.5, 0.6) is 0 Å². The number of rotatable bonds is 2. The topological polar surface area (TPSA) is 95.4 Å². The van der Waals surface area contributed by atoms with Crippen LogP contribution in [0.3, 0.4) is 0 Å². The highest BCUT2D eigenvalue weighted by Gasteiger charge is 2.23. The van der Waals surface area contributed by atoms with Crippen LogP contribution in [0.4, 0.5) is 5.69 Å². The summed E-state index contributed by atoms with van der Waals surface area (Å²) in [7, 11) is 2.03. The lowest BCUT2D eigenvalue weighted by Gasteiger charge is -2.19. The smallest absolute Gasteiger partial charge is 0.275 e. The largest absolute Gasteiger partial charge is 0.336 e. The maximum absolute atomic E-state index is 12.7. The fraction of sp³-hybridized carbons (Fsp3) is 0.429. The van der Waals surface area contributed by atoms with Crippen molar-refractivity contribution in [3.05, 3.63) is 34.0 Å². The Balaban J connectivity index is 1.93. The molecule has 0 unspecified atom stereocenters. The number of nitrogens with zero attached hydrogens (tertiary/aromatic N) is 4. The molecule has 116 valence electrons. The molecule has 2 aromatic rings. The number of nitro benzene ring substituents is 1. The second-order valence-corrected chi connectivity index (χ2v) is 5.51. The van der Waals surface area contributed by atoms with Gasteiger partial charge in [-0.2, -0.15) is 5.10 Å². The number of fused-ring (bicyclic) bond motifs is 1. The molecule has 0 bridgehead atoms. The van der Waals surface area contributed by atoms with Gasteiger partial charge >= 0.3 is 0 Å². The predicted molar refractivity (Wildman–Crippen MR) is 80.8 cm³/mol. The van der Waals surface area contributed by atoms with E-state index < -0.39 is 4.92 Å². The van der Waals surface area contributed by atoms with E-state index in [2.05, 4.69) is 15.1 Å². The first-order chi connectivity index (χ1) is 10.6. The van der Waals surface area contributed by atoms with Crippen LogP contribution in [0.1, 0.15) is 16.9 Å². The number of carbonyl (C=O) groups is 1. The van der Waals surface area contributed by atoms with Gasteiger partial charge in [0, 0.05) is 37.2 Å². The van der Waals surface area contributed by atoms with Gasteiger partial charge in [0.15, 0.2) is 5.69 Å². The van der Waals surface area contributed by atoms with Crippen molar-refractivity contribution in [1.29, 1.82) is 0 Å². The third kappa shape index (κ3) is 2.64. The molecule has 22 heavy (non-hydrogen) atoms. The summed E-state index contributed by atoms with van der Waals surface area (Å²) in [6.07, 6.45) is 0.907. The highest BCUT2D eigenvalue weighted by Crippen LogP contribution is 2.23. The number of non-ortho nitro benzene ring substituents is 1. The van der Waals surface area contributed by atoms with Gasteiger partial charge in [0.05, 0.1) is 10.4 Å². The molecule has 1 aromatic heterocycles. The van der Waals surface area contributed by atoms with Crippen LogP contribution in [0.25, 0.3) is 10.9 Å². The van der Waals surface area contributed by atoms with E-state index in [0.717, 1.165) is 19.5 Å². The Morgan fingerprint density at radius 2 is 2.14 bits per heavy atom. The van der Waals surface area contributed by atoms with Crippen molar-refractivity contribution in [3.63, 3.8) is 0 Å². The lowest BCUT2D eigenvalue weighted by molar-refractivity contribution is -0.384. The Hall–Kier alpha value is -2.48. The first-order valence-corrected chi connectivity index (χ1v) is 7.16. The molecule has 1 fully saturated rings. The van der Waals surface area contributed by atoms with Crippen molar-refractivity contribution in [2.24, 2.45) is 0 Å². The predicted octanol–water partition coefficient (Wildman–Crippen LogP) is 1.25. The number of carbonyl (C=O) groups excluding carboxylic acids is 1. The fourth-order valence-electron chi connectivity index (χ4n) is 2.68. The van der Waals surface area contributed by atoms with Crippen molar-refractivity contribution in [3.8, 4) is 0 Å². The van der Waals surface area contributed by atoms with Crippen LogP contribution in [0.2, 0.25) is 0 Å². The van der Waals surface area contributed by atoms with Crippen LogP contribution in [0.15, 0.2) is 18.2 Å². The minimum Gasteiger partial charge on any atom is -0.336 e. The molecule has 0 atom stereocenters. The van der Waals surface area contributed by atoms with Gasteiger partial charge in [0.1, 0.15) is 0 Å². The third-order valence-corrected chi connectivity index (χ3v) is 3.97. The number of H-pyrrole nitrogens is 1. The Bertz CT molecular complexity index is 726. The number of amides is 1. The summed E-state index contributed by atoms with van der Waals surface area (Å²) in [4.78, 5) is 27.0. The molecule has 0 spiro atoms. The first-order valence-electron chi connectivity index (χ1n) is 7.16. The second kappa shape index (κ2) is 5.72. The van der Waals surface area contributed by atoms with Crippen LogP contribution in [-0.2, 0) is 0 Å². The number of hydrogen-bond acceptors (Lipinski definition) is 5. The fourth-order valence-corrected chi connectivity index (χ4v) is 2.68. The van der Waals surface area contributed by atoms with E-state index in [1.165, 1.54) is 12.1 Å². The molecular weight excluding hydrogens is 286 g/mol. The highest BCUT2D eigenvalue weighted by molar-refractivity contribution is 6.05.